The summed E-state index contributed by atoms with van der Waals surface area (Å²) in [6.45, 7) is 4.87. The van der Waals surface area contributed by atoms with Crippen LogP contribution in [0.2, 0.25) is 0 Å². The Morgan fingerprint density at radius 2 is 1.79 bits per heavy atom. The van der Waals surface area contributed by atoms with Gasteiger partial charge in [-0.3, -0.25) is 4.57 Å². The second-order valence-corrected chi connectivity index (χ2v) is 6.71. The molecule has 0 aliphatic heterocycles. The minimum absolute atomic E-state index is 0.444. The molecule has 108 valence electrons. The molecule has 0 aliphatic rings. The van der Waals surface area contributed by atoms with Crippen LogP contribution in [0.15, 0.2) is 30.3 Å². The van der Waals surface area contributed by atoms with E-state index in [9.17, 15) is 4.57 Å². The first-order valence-electron chi connectivity index (χ1n) is 7.12. The zero-order valence-electron chi connectivity index (χ0n) is 12.0. The Labute approximate surface area is 116 Å². The maximum Gasteiger partial charge on any atom is 0.330 e. The highest BCUT2D eigenvalue weighted by atomic mass is 31.2. The lowest BCUT2D eigenvalue weighted by molar-refractivity contribution is 0.209. The molecule has 1 unspecified atom stereocenters. The number of aryl methyl sites for hydroxylation is 1. The molecule has 0 radical (unpaired) electrons. The molecule has 0 heterocycles. The van der Waals surface area contributed by atoms with Crippen molar-refractivity contribution in [2.75, 3.05) is 19.4 Å². The van der Waals surface area contributed by atoms with E-state index < -0.39 is 7.60 Å². The average molecular weight is 284 g/mol. The zero-order valence-corrected chi connectivity index (χ0v) is 12.9. The molecule has 0 amide bonds. The highest BCUT2D eigenvalue weighted by molar-refractivity contribution is 7.53. The fourth-order valence-electron chi connectivity index (χ4n) is 1.84. The highest BCUT2D eigenvalue weighted by Crippen LogP contribution is 2.48. The van der Waals surface area contributed by atoms with Gasteiger partial charge >= 0.3 is 7.60 Å². The summed E-state index contributed by atoms with van der Waals surface area (Å²) in [5.41, 5.74) is 1.28. The molecule has 0 bridgehead atoms. The van der Waals surface area contributed by atoms with Crippen molar-refractivity contribution >= 4 is 7.60 Å². The van der Waals surface area contributed by atoms with Crippen molar-refractivity contribution in [1.82, 2.24) is 0 Å². The second-order valence-electron chi connectivity index (χ2n) is 4.53. The van der Waals surface area contributed by atoms with E-state index in [0.29, 0.717) is 19.4 Å². The topological polar surface area (TPSA) is 35.5 Å². The van der Waals surface area contributed by atoms with Crippen molar-refractivity contribution in [3.8, 4) is 0 Å². The van der Waals surface area contributed by atoms with E-state index in [1.54, 1.807) is 0 Å². The molecule has 0 aromatic heterocycles. The Morgan fingerprint density at radius 1 is 1.05 bits per heavy atom. The van der Waals surface area contributed by atoms with Crippen molar-refractivity contribution in [2.24, 2.45) is 0 Å². The Morgan fingerprint density at radius 3 is 2.42 bits per heavy atom. The molecule has 19 heavy (non-hydrogen) atoms. The minimum atomic E-state index is -2.86. The minimum Gasteiger partial charge on any atom is -0.309 e. The van der Waals surface area contributed by atoms with Gasteiger partial charge in [-0.1, -0.05) is 43.7 Å². The smallest absolute Gasteiger partial charge is 0.309 e. The van der Waals surface area contributed by atoms with Crippen LogP contribution in [0.25, 0.3) is 0 Å². The first-order chi connectivity index (χ1) is 9.20. The second kappa shape index (κ2) is 9.30. The summed E-state index contributed by atoms with van der Waals surface area (Å²) in [4.78, 5) is 0. The summed E-state index contributed by atoms with van der Waals surface area (Å²) in [6, 6.07) is 10.3. The van der Waals surface area contributed by atoms with Crippen LogP contribution in [0.5, 0.6) is 0 Å². The Bertz CT molecular complexity index is 378. The van der Waals surface area contributed by atoms with Crippen LogP contribution >= 0.6 is 7.60 Å². The molecule has 0 saturated carbocycles. The van der Waals surface area contributed by atoms with Gasteiger partial charge in [0.15, 0.2) is 0 Å². The Balaban J connectivity index is 2.30. The lowest BCUT2D eigenvalue weighted by atomic mass is 10.1. The number of benzene rings is 1. The van der Waals surface area contributed by atoms with E-state index in [4.69, 9.17) is 9.05 Å². The van der Waals surface area contributed by atoms with Gasteiger partial charge in [-0.2, -0.15) is 0 Å². The van der Waals surface area contributed by atoms with Gasteiger partial charge < -0.3 is 9.05 Å². The number of unbranched alkanes of at least 4 members (excludes halogenated alkanes) is 1. The van der Waals surface area contributed by atoms with Gasteiger partial charge in [-0.25, -0.2) is 0 Å². The van der Waals surface area contributed by atoms with E-state index >= 15 is 0 Å². The first-order valence-corrected chi connectivity index (χ1v) is 8.85. The van der Waals surface area contributed by atoms with E-state index in [1.807, 2.05) is 25.1 Å². The molecule has 0 spiro atoms. The van der Waals surface area contributed by atoms with Crippen molar-refractivity contribution in [3.63, 3.8) is 0 Å². The van der Waals surface area contributed by atoms with Gasteiger partial charge in [0.05, 0.1) is 19.4 Å². The zero-order chi connectivity index (χ0) is 14.0. The molecule has 3 nitrogen and oxygen atoms in total. The summed E-state index contributed by atoms with van der Waals surface area (Å²) >= 11 is 0. The molecule has 1 aromatic carbocycles. The first kappa shape index (κ1) is 16.4. The van der Waals surface area contributed by atoms with Gasteiger partial charge in [0.25, 0.3) is 0 Å². The van der Waals surface area contributed by atoms with Crippen LogP contribution in [-0.4, -0.2) is 19.4 Å². The molecule has 0 fully saturated rings. The predicted octanol–water partition coefficient (Wildman–Crippen LogP) is 4.67. The van der Waals surface area contributed by atoms with Gasteiger partial charge in [-0.15, -0.1) is 0 Å². The van der Waals surface area contributed by atoms with Gasteiger partial charge in [0.1, 0.15) is 0 Å². The highest BCUT2D eigenvalue weighted by Gasteiger charge is 2.22. The SMILES string of the molecule is CCCCP(=O)(OCC)OCCCc1ccccc1. The quantitative estimate of drug-likeness (QED) is 0.463. The Hall–Kier alpha value is -0.630. The monoisotopic (exact) mass is 284 g/mol. The van der Waals surface area contributed by atoms with Crippen LogP contribution in [0.4, 0.5) is 0 Å². The summed E-state index contributed by atoms with van der Waals surface area (Å²) < 4.78 is 23.2. The van der Waals surface area contributed by atoms with Crippen LogP contribution in [0, 0.1) is 0 Å². The Kier molecular flexibility index (Phi) is 8.04. The van der Waals surface area contributed by atoms with Gasteiger partial charge in [-0.05, 0) is 31.7 Å². The summed E-state index contributed by atoms with van der Waals surface area (Å²) in [5, 5.41) is 0. The van der Waals surface area contributed by atoms with Crippen LogP contribution < -0.4 is 0 Å². The lowest BCUT2D eigenvalue weighted by Crippen LogP contribution is -2.02. The number of hydrogen-bond donors (Lipinski definition) is 0. The molecular formula is C15H25O3P. The third-order valence-electron chi connectivity index (χ3n) is 2.85. The summed E-state index contributed by atoms with van der Waals surface area (Å²) in [5.74, 6) is 0. The van der Waals surface area contributed by atoms with Crippen molar-refractivity contribution in [2.45, 2.75) is 39.5 Å². The summed E-state index contributed by atoms with van der Waals surface area (Å²) in [6.07, 6.45) is 4.23. The molecular weight excluding hydrogens is 259 g/mol. The van der Waals surface area contributed by atoms with Gasteiger partial charge in [0.2, 0.25) is 0 Å². The standard InChI is InChI=1S/C15H25O3P/c1-3-5-14-19(16,17-4-2)18-13-9-12-15-10-7-6-8-11-15/h6-8,10-11H,3-5,9,12-14H2,1-2H3. The lowest BCUT2D eigenvalue weighted by Gasteiger charge is -2.17. The third kappa shape index (κ3) is 6.91. The number of rotatable bonds is 10. The van der Waals surface area contributed by atoms with E-state index in [0.717, 1.165) is 25.7 Å². The van der Waals surface area contributed by atoms with Crippen LogP contribution in [0.3, 0.4) is 0 Å². The molecule has 0 N–H and O–H groups in total. The fraction of sp³-hybridized carbons (Fsp3) is 0.600. The molecule has 1 rings (SSSR count). The molecule has 1 atom stereocenters. The van der Waals surface area contributed by atoms with Crippen molar-refractivity contribution in [1.29, 1.82) is 0 Å². The fourth-order valence-corrected chi connectivity index (χ4v) is 3.68. The van der Waals surface area contributed by atoms with Crippen LogP contribution in [-0.2, 0) is 20.0 Å². The molecule has 1 aromatic rings. The number of hydrogen-bond acceptors (Lipinski definition) is 3. The largest absolute Gasteiger partial charge is 0.330 e. The van der Waals surface area contributed by atoms with Crippen molar-refractivity contribution in [3.05, 3.63) is 35.9 Å². The molecule has 0 saturated heterocycles. The maximum atomic E-state index is 12.3. The maximum absolute atomic E-state index is 12.3. The predicted molar refractivity (Wildman–Crippen MR) is 79.7 cm³/mol. The van der Waals surface area contributed by atoms with E-state index in [-0.39, 0.29) is 0 Å². The van der Waals surface area contributed by atoms with Crippen LogP contribution in [0.1, 0.15) is 38.7 Å². The van der Waals surface area contributed by atoms with E-state index in [2.05, 4.69) is 19.1 Å². The summed E-state index contributed by atoms with van der Waals surface area (Å²) in [7, 11) is -2.86. The van der Waals surface area contributed by atoms with E-state index in [1.165, 1.54) is 5.56 Å². The van der Waals surface area contributed by atoms with Crippen molar-refractivity contribution < 1.29 is 13.6 Å². The average Bonchev–Trinajstić information content (AvgIpc) is 2.43. The third-order valence-corrected chi connectivity index (χ3v) is 4.94. The normalized spacial score (nSPS) is 14.2. The molecule has 4 heteroatoms. The molecule has 0 aliphatic carbocycles. The van der Waals surface area contributed by atoms with Gasteiger partial charge in [0, 0.05) is 0 Å².